The largest absolute Gasteiger partial charge is 0.467 e. The number of carbonyl (C=O) groups excluding carboxylic acids is 1. The number of halogens is 1. The third kappa shape index (κ3) is 5.74. The van der Waals surface area contributed by atoms with Gasteiger partial charge in [0.05, 0.1) is 13.3 Å². The van der Waals surface area contributed by atoms with Crippen molar-refractivity contribution in [1.29, 1.82) is 0 Å². The molecule has 0 radical (unpaired) electrons. The van der Waals surface area contributed by atoms with Gasteiger partial charge in [-0.15, -0.1) is 0 Å². The van der Waals surface area contributed by atoms with E-state index in [4.69, 9.17) is 16.3 Å². The van der Waals surface area contributed by atoms with Crippen LogP contribution < -0.4 is 15.4 Å². The molecule has 0 saturated heterocycles. The Morgan fingerprint density at radius 2 is 2.26 bits per heavy atom. The van der Waals surface area contributed by atoms with Crippen molar-refractivity contribution in [2.24, 2.45) is 5.92 Å². The SMILES string of the molecule is COc1ncc(Cl)c(NCCC(=O)NCC(C)C)n1. The molecule has 1 rings (SSSR count). The Morgan fingerprint density at radius 1 is 1.53 bits per heavy atom. The maximum absolute atomic E-state index is 11.5. The summed E-state index contributed by atoms with van der Waals surface area (Å²) in [5, 5.41) is 6.21. The van der Waals surface area contributed by atoms with Gasteiger partial charge in [0.2, 0.25) is 5.91 Å². The lowest BCUT2D eigenvalue weighted by Crippen LogP contribution is -2.28. The number of hydrogen-bond donors (Lipinski definition) is 2. The molecule has 1 amide bonds. The summed E-state index contributed by atoms with van der Waals surface area (Å²) < 4.78 is 4.90. The van der Waals surface area contributed by atoms with Gasteiger partial charge in [-0.3, -0.25) is 4.79 Å². The second kappa shape index (κ2) is 7.78. The number of ether oxygens (including phenoxy) is 1. The van der Waals surface area contributed by atoms with Gasteiger partial charge in [0.25, 0.3) is 0 Å². The molecule has 0 aliphatic carbocycles. The molecule has 0 saturated carbocycles. The lowest BCUT2D eigenvalue weighted by molar-refractivity contribution is -0.120. The summed E-state index contributed by atoms with van der Waals surface area (Å²) in [4.78, 5) is 19.4. The number of amides is 1. The van der Waals surface area contributed by atoms with E-state index in [-0.39, 0.29) is 11.9 Å². The lowest BCUT2D eigenvalue weighted by atomic mass is 10.2. The van der Waals surface area contributed by atoms with Crippen molar-refractivity contribution in [2.75, 3.05) is 25.5 Å². The molecule has 6 nitrogen and oxygen atoms in total. The van der Waals surface area contributed by atoms with Crippen LogP contribution in [0.1, 0.15) is 20.3 Å². The summed E-state index contributed by atoms with van der Waals surface area (Å²) in [6.45, 7) is 5.22. The van der Waals surface area contributed by atoms with Gasteiger partial charge >= 0.3 is 6.01 Å². The molecule has 0 spiro atoms. The van der Waals surface area contributed by atoms with Gasteiger partial charge in [0, 0.05) is 19.5 Å². The van der Waals surface area contributed by atoms with E-state index >= 15 is 0 Å². The summed E-state index contributed by atoms with van der Waals surface area (Å²) in [7, 11) is 1.48. The predicted molar refractivity (Wildman–Crippen MR) is 74.5 cm³/mol. The fraction of sp³-hybridized carbons (Fsp3) is 0.583. The molecule has 0 aliphatic heterocycles. The third-order valence-electron chi connectivity index (χ3n) is 2.26. The number of anilines is 1. The highest BCUT2D eigenvalue weighted by molar-refractivity contribution is 6.32. The topological polar surface area (TPSA) is 76.1 Å². The summed E-state index contributed by atoms with van der Waals surface area (Å²) in [6.07, 6.45) is 1.81. The number of methoxy groups -OCH3 is 1. The minimum absolute atomic E-state index is 0.00153. The molecule has 0 aliphatic rings. The van der Waals surface area contributed by atoms with Crippen LogP contribution in [0, 0.1) is 5.92 Å². The zero-order valence-electron chi connectivity index (χ0n) is 11.4. The highest BCUT2D eigenvalue weighted by Gasteiger charge is 2.07. The van der Waals surface area contributed by atoms with Crippen molar-refractivity contribution in [2.45, 2.75) is 20.3 Å². The van der Waals surface area contributed by atoms with Gasteiger partial charge < -0.3 is 15.4 Å². The molecule has 0 aromatic carbocycles. The van der Waals surface area contributed by atoms with Crippen LogP contribution in [0.25, 0.3) is 0 Å². The monoisotopic (exact) mass is 286 g/mol. The van der Waals surface area contributed by atoms with Gasteiger partial charge in [-0.1, -0.05) is 25.4 Å². The van der Waals surface area contributed by atoms with Crippen LogP contribution in [0.5, 0.6) is 6.01 Å². The van der Waals surface area contributed by atoms with Crippen LogP contribution >= 0.6 is 11.6 Å². The van der Waals surface area contributed by atoms with Crippen molar-refractivity contribution in [1.82, 2.24) is 15.3 Å². The minimum atomic E-state index is -0.00153. The second-order valence-electron chi connectivity index (χ2n) is 4.43. The molecule has 2 N–H and O–H groups in total. The molecule has 19 heavy (non-hydrogen) atoms. The number of nitrogens with one attached hydrogen (secondary N) is 2. The van der Waals surface area contributed by atoms with Crippen LogP contribution in [0.15, 0.2) is 6.20 Å². The Morgan fingerprint density at radius 3 is 2.89 bits per heavy atom. The zero-order chi connectivity index (χ0) is 14.3. The van der Waals surface area contributed by atoms with E-state index in [1.54, 1.807) is 0 Å². The lowest BCUT2D eigenvalue weighted by Gasteiger charge is -2.09. The molecule has 1 aromatic rings. The molecular weight excluding hydrogens is 268 g/mol. The van der Waals surface area contributed by atoms with Gasteiger partial charge in [-0.25, -0.2) is 4.98 Å². The Kier molecular flexibility index (Phi) is 6.35. The summed E-state index contributed by atoms with van der Waals surface area (Å²) >= 11 is 5.93. The molecule has 0 fully saturated rings. The number of rotatable bonds is 7. The van der Waals surface area contributed by atoms with E-state index in [1.807, 2.05) is 13.8 Å². The summed E-state index contributed by atoms with van der Waals surface area (Å²) in [6, 6.07) is 0.233. The first-order chi connectivity index (χ1) is 9.02. The molecule has 106 valence electrons. The highest BCUT2D eigenvalue weighted by Crippen LogP contribution is 2.19. The Bertz CT molecular complexity index is 426. The van der Waals surface area contributed by atoms with Gasteiger partial charge in [-0.2, -0.15) is 4.98 Å². The van der Waals surface area contributed by atoms with Crippen LogP contribution in [0.4, 0.5) is 5.82 Å². The van der Waals surface area contributed by atoms with Crippen LogP contribution in [-0.4, -0.2) is 36.1 Å². The number of carbonyl (C=O) groups is 1. The Hall–Kier alpha value is -1.56. The fourth-order valence-corrected chi connectivity index (χ4v) is 1.43. The first kappa shape index (κ1) is 15.5. The maximum atomic E-state index is 11.5. The van der Waals surface area contributed by atoms with Gasteiger partial charge in [0.1, 0.15) is 5.02 Å². The van der Waals surface area contributed by atoms with Crippen molar-refractivity contribution in [3.8, 4) is 6.01 Å². The molecule has 0 bridgehead atoms. The minimum Gasteiger partial charge on any atom is -0.467 e. The van der Waals surface area contributed by atoms with Crippen LogP contribution in [0.2, 0.25) is 5.02 Å². The van der Waals surface area contributed by atoms with E-state index < -0.39 is 0 Å². The second-order valence-corrected chi connectivity index (χ2v) is 4.84. The Balaban J connectivity index is 2.38. The van der Waals surface area contributed by atoms with E-state index in [1.165, 1.54) is 13.3 Å². The maximum Gasteiger partial charge on any atom is 0.318 e. The molecule has 1 aromatic heterocycles. The van der Waals surface area contributed by atoms with E-state index in [2.05, 4.69) is 20.6 Å². The number of hydrogen-bond acceptors (Lipinski definition) is 5. The molecule has 0 atom stereocenters. The molecular formula is C12H19ClN4O2. The van der Waals surface area contributed by atoms with E-state index in [9.17, 15) is 4.79 Å². The number of aromatic nitrogens is 2. The van der Waals surface area contributed by atoms with Gasteiger partial charge in [-0.05, 0) is 5.92 Å². The summed E-state index contributed by atoms with van der Waals surface area (Å²) in [5.74, 6) is 0.904. The quantitative estimate of drug-likeness (QED) is 0.798. The van der Waals surface area contributed by atoms with Crippen molar-refractivity contribution >= 4 is 23.3 Å². The fourth-order valence-electron chi connectivity index (χ4n) is 1.27. The zero-order valence-corrected chi connectivity index (χ0v) is 12.1. The first-order valence-electron chi connectivity index (χ1n) is 6.10. The molecule has 1 heterocycles. The molecule has 0 unspecified atom stereocenters. The third-order valence-corrected chi connectivity index (χ3v) is 2.53. The standard InChI is InChI=1S/C12H19ClN4O2/c1-8(2)6-15-10(18)4-5-14-11-9(13)7-16-12(17-11)19-3/h7-8H,4-6H2,1-3H3,(H,15,18)(H,14,16,17). The highest BCUT2D eigenvalue weighted by atomic mass is 35.5. The summed E-state index contributed by atoms with van der Waals surface area (Å²) in [5.41, 5.74) is 0. The van der Waals surface area contributed by atoms with Gasteiger partial charge in [0.15, 0.2) is 5.82 Å². The van der Waals surface area contributed by atoms with Crippen molar-refractivity contribution in [3.05, 3.63) is 11.2 Å². The normalized spacial score (nSPS) is 10.4. The van der Waals surface area contributed by atoms with Crippen LogP contribution in [-0.2, 0) is 4.79 Å². The average molecular weight is 287 g/mol. The predicted octanol–water partition coefficient (Wildman–Crippen LogP) is 1.71. The van der Waals surface area contributed by atoms with E-state index in [0.29, 0.717) is 36.3 Å². The smallest absolute Gasteiger partial charge is 0.318 e. The van der Waals surface area contributed by atoms with Crippen molar-refractivity contribution in [3.63, 3.8) is 0 Å². The Labute approximate surface area is 117 Å². The van der Waals surface area contributed by atoms with Crippen molar-refractivity contribution < 1.29 is 9.53 Å². The average Bonchev–Trinajstić information content (AvgIpc) is 2.38. The molecule has 7 heteroatoms. The van der Waals surface area contributed by atoms with Crippen LogP contribution in [0.3, 0.4) is 0 Å². The number of nitrogens with zero attached hydrogens (tertiary/aromatic N) is 2. The van der Waals surface area contributed by atoms with E-state index in [0.717, 1.165) is 0 Å². The first-order valence-corrected chi connectivity index (χ1v) is 6.47.